The van der Waals surface area contributed by atoms with E-state index in [9.17, 15) is 9.59 Å². The lowest BCUT2D eigenvalue weighted by atomic mass is 10.1. The van der Waals surface area contributed by atoms with E-state index in [4.69, 9.17) is 10.5 Å². The highest BCUT2D eigenvalue weighted by Gasteiger charge is 2.20. The highest BCUT2D eigenvalue weighted by Crippen LogP contribution is 2.20. The number of benzene rings is 2. The lowest BCUT2D eigenvalue weighted by Crippen LogP contribution is -2.44. The third kappa shape index (κ3) is 4.04. The molecule has 3 N–H and O–H groups in total. The maximum Gasteiger partial charge on any atom is 0.331 e. The number of nitrogen functional groups attached to an aromatic ring is 1. The maximum atomic E-state index is 12.3. The number of nitrogens with zero attached hydrogens (tertiary/aromatic N) is 1. The van der Waals surface area contributed by atoms with Crippen molar-refractivity contribution < 1.29 is 14.3 Å². The largest absolute Gasteiger partial charge is 0.473 e. The summed E-state index contributed by atoms with van der Waals surface area (Å²) < 4.78 is 5.58. The molecule has 3 amide bonds. The first-order chi connectivity index (χ1) is 11.4. The molecule has 0 aliphatic carbocycles. The molecular formula is C18H21N3O3. The molecule has 0 radical (unpaired) electrons. The van der Waals surface area contributed by atoms with E-state index in [-0.39, 0.29) is 6.73 Å². The molecule has 0 aromatic heterocycles. The Bertz CT molecular complexity index is 759. The Morgan fingerprint density at radius 2 is 1.88 bits per heavy atom. The molecule has 0 saturated heterocycles. The summed E-state index contributed by atoms with van der Waals surface area (Å²) in [7, 11) is 0. The number of hydrogen-bond donors (Lipinski definition) is 2. The quantitative estimate of drug-likeness (QED) is 0.668. The van der Waals surface area contributed by atoms with E-state index in [0.717, 1.165) is 16.0 Å². The van der Waals surface area contributed by atoms with Gasteiger partial charge < -0.3 is 15.8 Å². The van der Waals surface area contributed by atoms with Gasteiger partial charge in [-0.3, -0.25) is 4.79 Å². The van der Waals surface area contributed by atoms with Crippen molar-refractivity contribution in [3.63, 3.8) is 0 Å². The molecule has 0 aliphatic heterocycles. The third-order valence-electron chi connectivity index (χ3n) is 3.65. The molecule has 0 atom stereocenters. The van der Waals surface area contributed by atoms with Crippen LogP contribution < -0.4 is 20.7 Å². The van der Waals surface area contributed by atoms with Crippen LogP contribution >= 0.6 is 0 Å². The van der Waals surface area contributed by atoms with Gasteiger partial charge >= 0.3 is 6.03 Å². The normalized spacial score (nSPS) is 10.1. The molecule has 24 heavy (non-hydrogen) atoms. The zero-order valence-corrected chi connectivity index (χ0v) is 14.0. The van der Waals surface area contributed by atoms with Crippen molar-refractivity contribution in [2.24, 2.45) is 0 Å². The van der Waals surface area contributed by atoms with Crippen LogP contribution in [0.4, 0.5) is 16.2 Å². The predicted molar refractivity (Wildman–Crippen MR) is 94.0 cm³/mol. The van der Waals surface area contributed by atoms with Gasteiger partial charge in [0.1, 0.15) is 5.75 Å². The number of urea groups is 1. The van der Waals surface area contributed by atoms with E-state index in [1.165, 1.54) is 6.92 Å². The van der Waals surface area contributed by atoms with Crippen molar-refractivity contribution in [2.75, 3.05) is 17.4 Å². The summed E-state index contributed by atoms with van der Waals surface area (Å²) in [6.07, 6.45) is 0. The topological polar surface area (TPSA) is 84.7 Å². The summed E-state index contributed by atoms with van der Waals surface area (Å²) in [5.74, 6) is 0.276. The van der Waals surface area contributed by atoms with Gasteiger partial charge in [-0.15, -0.1) is 0 Å². The van der Waals surface area contributed by atoms with E-state index in [0.29, 0.717) is 17.1 Å². The van der Waals surface area contributed by atoms with Crippen molar-refractivity contribution in [3.8, 4) is 5.75 Å². The van der Waals surface area contributed by atoms with Gasteiger partial charge in [0.15, 0.2) is 6.73 Å². The minimum absolute atomic E-state index is 0.0464. The summed E-state index contributed by atoms with van der Waals surface area (Å²) >= 11 is 0. The molecule has 6 heteroatoms. The average Bonchev–Trinajstić information content (AvgIpc) is 2.51. The molecule has 2 aromatic rings. The standard InChI is InChI=1S/C18H21N3O3/c1-12-6-4-9-17(13(12)2)24-11-20-18(23)21(14(3)22)16-8-5-7-15(19)10-16/h4-10H,11,19H2,1-3H3,(H,20,23). The molecule has 126 valence electrons. The Kier molecular flexibility index (Phi) is 5.42. The monoisotopic (exact) mass is 327 g/mol. The van der Waals surface area contributed by atoms with Crippen LogP contribution in [0.25, 0.3) is 0 Å². The Hall–Kier alpha value is -3.02. The second kappa shape index (κ2) is 7.50. The molecule has 0 aliphatic rings. The first kappa shape index (κ1) is 17.3. The Balaban J connectivity index is 2.04. The van der Waals surface area contributed by atoms with Crippen LogP contribution in [-0.4, -0.2) is 18.7 Å². The van der Waals surface area contributed by atoms with E-state index in [1.54, 1.807) is 24.3 Å². The minimum Gasteiger partial charge on any atom is -0.473 e. The van der Waals surface area contributed by atoms with E-state index in [1.807, 2.05) is 32.0 Å². The number of ether oxygens (including phenoxy) is 1. The summed E-state index contributed by atoms with van der Waals surface area (Å²) in [6.45, 7) is 5.20. The summed E-state index contributed by atoms with van der Waals surface area (Å²) in [4.78, 5) is 25.1. The van der Waals surface area contributed by atoms with E-state index in [2.05, 4.69) is 5.32 Å². The predicted octanol–water partition coefficient (Wildman–Crippen LogP) is 2.98. The minimum atomic E-state index is -0.571. The number of hydrogen-bond acceptors (Lipinski definition) is 4. The number of carbonyl (C=O) groups excluding carboxylic acids is 2. The highest BCUT2D eigenvalue weighted by molar-refractivity contribution is 6.13. The molecule has 0 fully saturated rings. The van der Waals surface area contributed by atoms with Gasteiger partial charge in [0.05, 0.1) is 5.69 Å². The first-order valence-corrected chi connectivity index (χ1v) is 7.53. The molecular weight excluding hydrogens is 306 g/mol. The first-order valence-electron chi connectivity index (χ1n) is 7.53. The number of anilines is 2. The lowest BCUT2D eigenvalue weighted by Gasteiger charge is -2.20. The number of nitrogens with two attached hydrogens (primary N) is 1. The number of imide groups is 1. The fourth-order valence-corrected chi connectivity index (χ4v) is 2.24. The molecule has 2 aromatic carbocycles. The third-order valence-corrected chi connectivity index (χ3v) is 3.65. The SMILES string of the molecule is CC(=O)N(C(=O)NCOc1cccc(C)c1C)c1cccc(N)c1. The molecule has 0 heterocycles. The van der Waals surface area contributed by atoms with Crippen LogP contribution in [0.3, 0.4) is 0 Å². The average molecular weight is 327 g/mol. The summed E-state index contributed by atoms with van der Waals surface area (Å²) in [5, 5.41) is 2.58. The maximum absolute atomic E-state index is 12.3. The van der Waals surface area contributed by atoms with E-state index >= 15 is 0 Å². The van der Waals surface area contributed by atoms with Gasteiger partial charge in [-0.05, 0) is 49.2 Å². The van der Waals surface area contributed by atoms with Gasteiger partial charge in [-0.1, -0.05) is 18.2 Å². The van der Waals surface area contributed by atoms with Crippen LogP contribution in [0, 0.1) is 13.8 Å². The zero-order valence-electron chi connectivity index (χ0n) is 14.0. The number of aryl methyl sites for hydroxylation is 1. The van der Waals surface area contributed by atoms with Gasteiger partial charge in [-0.25, -0.2) is 9.69 Å². The number of amides is 3. The number of carbonyl (C=O) groups is 2. The molecule has 2 rings (SSSR count). The lowest BCUT2D eigenvalue weighted by molar-refractivity contribution is -0.115. The second-order valence-corrected chi connectivity index (χ2v) is 5.42. The van der Waals surface area contributed by atoms with Crippen molar-refractivity contribution in [3.05, 3.63) is 53.6 Å². The van der Waals surface area contributed by atoms with Crippen LogP contribution in [0.1, 0.15) is 18.1 Å². The molecule has 6 nitrogen and oxygen atoms in total. The fraction of sp³-hybridized carbons (Fsp3) is 0.222. The van der Waals surface area contributed by atoms with Gasteiger partial charge in [0.2, 0.25) is 5.91 Å². The van der Waals surface area contributed by atoms with Gasteiger partial charge in [0, 0.05) is 12.6 Å². The van der Waals surface area contributed by atoms with Crippen LogP contribution in [0.5, 0.6) is 5.75 Å². The van der Waals surface area contributed by atoms with Gasteiger partial charge in [-0.2, -0.15) is 0 Å². The van der Waals surface area contributed by atoms with Crippen LogP contribution in [0.2, 0.25) is 0 Å². The zero-order chi connectivity index (χ0) is 17.7. The smallest absolute Gasteiger partial charge is 0.331 e. The second-order valence-electron chi connectivity index (χ2n) is 5.42. The van der Waals surface area contributed by atoms with Crippen molar-refractivity contribution in [1.82, 2.24) is 5.32 Å². The molecule has 0 bridgehead atoms. The highest BCUT2D eigenvalue weighted by atomic mass is 16.5. The van der Waals surface area contributed by atoms with E-state index < -0.39 is 11.9 Å². The van der Waals surface area contributed by atoms with Crippen molar-refractivity contribution in [2.45, 2.75) is 20.8 Å². The fourth-order valence-electron chi connectivity index (χ4n) is 2.24. The summed E-state index contributed by atoms with van der Waals surface area (Å²) in [5.41, 5.74) is 8.70. The van der Waals surface area contributed by atoms with Gasteiger partial charge in [0.25, 0.3) is 0 Å². The van der Waals surface area contributed by atoms with Crippen LogP contribution in [0.15, 0.2) is 42.5 Å². The number of nitrogens with one attached hydrogen (secondary N) is 1. The Labute approximate surface area is 141 Å². The molecule has 0 spiro atoms. The van der Waals surface area contributed by atoms with Crippen molar-refractivity contribution in [1.29, 1.82) is 0 Å². The Morgan fingerprint density at radius 1 is 1.17 bits per heavy atom. The molecule has 0 unspecified atom stereocenters. The summed E-state index contributed by atoms with van der Waals surface area (Å²) in [6, 6.07) is 11.7. The number of rotatable bonds is 4. The van der Waals surface area contributed by atoms with Crippen LogP contribution in [-0.2, 0) is 4.79 Å². The molecule has 0 saturated carbocycles. The Morgan fingerprint density at radius 3 is 2.54 bits per heavy atom. The van der Waals surface area contributed by atoms with Crippen molar-refractivity contribution >= 4 is 23.3 Å².